The Morgan fingerprint density at radius 2 is 2.50 bits per heavy atom. The van der Waals surface area contributed by atoms with Crippen molar-refractivity contribution in [1.29, 1.82) is 0 Å². The Morgan fingerprint density at radius 3 is 3.17 bits per heavy atom. The average molecular weight is 253 g/mol. The van der Waals surface area contributed by atoms with Crippen LogP contribution in [0.2, 0.25) is 0 Å². The lowest BCUT2D eigenvalue weighted by Gasteiger charge is -2.29. The molecule has 1 aliphatic heterocycles. The van der Waals surface area contributed by atoms with Crippen molar-refractivity contribution in [3.63, 3.8) is 0 Å². The van der Waals surface area contributed by atoms with Gasteiger partial charge >= 0.3 is 0 Å². The number of rotatable bonds is 4. The molecule has 0 aromatic carbocycles. The highest BCUT2D eigenvalue weighted by molar-refractivity contribution is 5.77. The fourth-order valence-electron chi connectivity index (χ4n) is 2.08. The predicted molar refractivity (Wildman–Crippen MR) is 64.6 cm³/mol. The smallest absolute Gasteiger partial charge is 0.234 e. The molecule has 0 aliphatic carbocycles. The van der Waals surface area contributed by atoms with E-state index in [1.807, 2.05) is 11.8 Å². The fourth-order valence-corrected chi connectivity index (χ4v) is 2.08. The Labute approximate surface area is 106 Å². The summed E-state index contributed by atoms with van der Waals surface area (Å²) in [4.78, 5) is 17.8. The highest BCUT2D eigenvalue weighted by Gasteiger charge is 2.19. The van der Waals surface area contributed by atoms with Crippen LogP contribution < -0.4 is 5.32 Å². The molecule has 0 saturated carbocycles. The zero-order valence-corrected chi connectivity index (χ0v) is 10.5. The molecular formula is C11H19N5O2. The lowest BCUT2D eigenvalue weighted by atomic mass is 10.1. The molecule has 1 aromatic rings. The molecule has 1 fully saturated rings. The van der Waals surface area contributed by atoms with Gasteiger partial charge < -0.3 is 10.4 Å². The minimum absolute atomic E-state index is 0.0634. The van der Waals surface area contributed by atoms with Gasteiger partial charge in [0.15, 0.2) is 5.82 Å². The number of amides is 1. The molecule has 2 heterocycles. The second-order valence-electron chi connectivity index (χ2n) is 4.64. The Kier molecular flexibility index (Phi) is 4.27. The van der Waals surface area contributed by atoms with Gasteiger partial charge in [0.1, 0.15) is 5.82 Å². The number of β-amino-alcohol motifs (C(OH)–C–C–N with tert-alkyl or cyclic N) is 1. The second-order valence-corrected chi connectivity index (χ2v) is 4.64. The van der Waals surface area contributed by atoms with Gasteiger partial charge in [-0.2, -0.15) is 5.10 Å². The summed E-state index contributed by atoms with van der Waals surface area (Å²) in [6.45, 7) is 3.91. The molecule has 3 N–H and O–H groups in total. The van der Waals surface area contributed by atoms with Crippen LogP contribution in [-0.2, 0) is 11.3 Å². The molecule has 0 radical (unpaired) electrons. The van der Waals surface area contributed by atoms with Gasteiger partial charge in [0, 0.05) is 6.54 Å². The molecule has 1 amide bonds. The van der Waals surface area contributed by atoms with Crippen LogP contribution in [0.3, 0.4) is 0 Å². The van der Waals surface area contributed by atoms with E-state index in [2.05, 4.69) is 20.5 Å². The van der Waals surface area contributed by atoms with Crippen molar-refractivity contribution in [3.05, 3.63) is 11.6 Å². The minimum atomic E-state index is -0.304. The molecule has 0 bridgehead atoms. The van der Waals surface area contributed by atoms with Crippen molar-refractivity contribution < 1.29 is 9.90 Å². The van der Waals surface area contributed by atoms with Gasteiger partial charge in [-0.3, -0.25) is 14.8 Å². The van der Waals surface area contributed by atoms with Crippen molar-refractivity contribution in [2.45, 2.75) is 32.4 Å². The van der Waals surface area contributed by atoms with Gasteiger partial charge in [-0.1, -0.05) is 0 Å². The van der Waals surface area contributed by atoms with E-state index in [0.717, 1.165) is 25.2 Å². The first-order valence-corrected chi connectivity index (χ1v) is 6.18. The van der Waals surface area contributed by atoms with Crippen LogP contribution in [0, 0.1) is 6.92 Å². The standard InChI is InChI=1S/C11H19N5O2/c1-8-13-10(15-14-8)5-12-11(18)7-16-4-2-3-9(17)6-16/h9,17H,2-7H2,1H3,(H,12,18)(H,13,14,15). The number of piperidine rings is 1. The van der Waals surface area contributed by atoms with E-state index < -0.39 is 0 Å². The lowest BCUT2D eigenvalue weighted by Crippen LogP contribution is -2.44. The Hall–Kier alpha value is -1.47. The number of hydrogen-bond acceptors (Lipinski definition) is 5. The van der Waals surface area contributed by atoms with E-state index in [1.54, 1.807) is 0 Å². The quantitative estimate of drug-likeness (QED) is 0.652. The highest BCUT2D eigenvalue weighted by atomic mass is 16.3. The third-order valence-corrected chi connectivity index (χ3v) is 2.94. The van der Waals surface area contributed by atoms with Crippen molar-refractivity contribution in [3.8, 4) is 0 Å². The van der Waals surface area contributed by atoms with Gasteiger partial charge in [0.05, 0.1) is 19.2 Å². The molecule has 0 spiro atoms. The molecule has 1 aromatic heterocycles. The normalized spacial score (nSPS) is 20.9. The van der Waals surface area contributed by atoms with E-state index in [1.165, 1.54) is 0 Å². The SMILES string of the molecule is Cc1nc(CNC(=O)CN2CCCC(O)C2)n[nH]1. The molecule has 2 rings (SSSR count). The summed E-state index contributed by atoms with van der Waals surface area (Å²) in [5, 5.41) is 18.9. The van der Waals surface area contributed by atoms with Crippen molar-refractivity contribution in [2.24, 2.45) is 0 Å². The van der Waals surface area contributed by atoms with Crippen LogP contribution in [0.25, 0.3) is 0 Å². The molecule has 7 heteroatoms. The van der Waals surface area contributed by atoms with Crippen LogP contribution >= 0.6 is 0 Å². The number of aromatic amines is 1. The number of hydrogen-bond donors (Lipinski definition) is 3. The van der Waals surface area contributed by atoms with Crippen molar-refractivity contribution in [1.82, 2.24) is 25.4 Å². The van der Waals surface area contributed by atoms with Gasteiger partial charge in [-0.25, -0.2) is 4.98 Å². The molecule has 1 aliphatic rings. The van der Waals surface area contributed by atoms with Crippen LogP contribution in [0.1, 0.15) is 24.5 Å². The Morgan fingerprint density at radius 1 is 1.67 bits per heavy atom. The molecule has 7 nitrogen and oxygen atoms in total. The first-order chi connectivity index (χ1) is 8.63. The molecule has 18 heavy (non-hydrogen) atoms. The van der Waals surface area contributed by atoms with Gasteiger partial charge in [-0.15, -0.1) is 0 Å². The first kappa shape index (κ1) is 13.0. The summed E-state index contributed by atoms with van der Waals surface area (Å²) in [7, 11) is 0. The molecule has 100 valence electrons. The second kappa shape index (κ2) is 5.92. The number of nitrogens with one attached hydrogen (secondary N) is 2. The number of aromatic nitrogens is 3. The maximum absolute atomic E-state index is 11.7. The molecule has 1 unspecified atom stereocenters. The van der Waals surface area contributed by atoms with Crippen LogP contribution in [0.4, 0.5) is 0 Å². The van der Waals surface area contributed by atoms with E-state index in [4.69, 9.17) is 0 Å². The minimum Gasteiger partial charge on any atom is -0.392 e. The zero-order chi connectivity index (χ0) is 13.0. The third-order valence-electron chi connectivity index (χ3n) is 2.94. The number of nitrogens with zero attached hydrogens (tertiary/aromatic N) is 3. The summed E-state index contributed by atoms with van der Waals surface area (Å²) < 4.78 is 0. The van der Waals surface area contributed by atoms with E-state index in [0.29, 0.717) is 25.5 Å². The summed E-state index contributed by atoms with van der Waals surface area (Å²) in [6, 6.07) is 0. The Balaban J connectivity index is 1.71. The van der Waals surface area contributed by atoms with E-state index >= 15 is 0 Å². The van der Waals surface area contributed by atoms with Crippen molar-refractivity contribution in [2.75, 3.05) is 19.6 Å². The number of carbonyl (C=O) groups excluding carboxylic acids is 1. The first-order valence-electron chi connectivity index (χ1n) is 6.18. The van der Waals surface area contributed by atoms with E-state index in [9.17, 15) is 9.90 Å². The molecule has 1 atom stereocenters. The molecule has 1 saturated heterocycles. The van der Waals surface area contributed by atoms with Gasteiger partial charge in [0.2, 0.25) is 5.91 Å². The number of likely N-dealkylation sites (tertiary alicyclic amines) is 1. The van der Waals surface area contributed by atoms with Gasteiger partial charge in [-0.05, 0) is 26.3 Å². The Bertz CT molecular complexity index is 406. The van der Waals surface area contributed by atoms with Gasteiger partial charge in [0.25, 0.3) is 0 Å². The number of H-pyrrole nitrogens is 1. The maximum atomic E-state index is 11.7. The maximum Gasteiger partial charge on any atom is 0.234 e. The number of aliphatic hydroxyl groups is 1. The topological polar surface area (TPSA) is 94.1 Å². The largest absolute Gasteiger partial charge is 0.392 e. The predicted octanol–water partition coefficient (Wildman–Crippen LogP) is -0.814. The summed E-state index contributed by atoms with van der Waals surface area (Å²) in [6.07, 6.45) is 1.46. The van der Waals surface area contributed by atoms with Crippen LogP contribution in [-0.4, -0.2) is 56.8 Å². The average Bonchev–Trinajstić information content (AvgIpc) is 2.73. The van der Waals surface area contributed by atoms with Crippen molar-refractivity contribution >= 4 is 5.91 Å². The van der Waals surface area contributed by atoms with E-state index in [-0.39, 0.29) is 12.0 Å². The highest BCUT2D eigenvalue weighted by Crippen LogP contribution is 2.08. The van der Waals surface area contributed by atoms with Crippen LogP contribution in [0.5, 0.6) is 0 Å². The lowest BCUT2D eigenvalue weighted by molar-refractivity contribution is -0.123. The number of carbonyl (C=O) groups is 1. The summed E-state index contributed by atoms with van der Waals surface area (Å²) >= 11 is 0. The summed E-state index contributed by atoms with van der Waals surface area (Å²) in [5.41, 5.74) is 0. The number of aliphatic hydroxyl groups excluding tert-OH is 1. The summed E-state index contributed by atoms with van der Waals surface area (Å²) in [5.74, 6) is 1.25. The van der Waals surface area contributed by atoms with Crippen LogP contribution in [0.15, 0.2) is 0 Å². The number of aryl methyl sites for hydroxylation is 1. The zero-order valence-electron chi connectivity index (χ0n) is 10.5. The monoisotopic (exact) mass is 253 g/mol. The third kappa shape index (κ3) is 3.78. The molecular weight excluding hydrogens is 234 g/mol. The fraction of sp³-hybridized carbons (Fsp3) is 0.727.